The van der Waals surface area contributed by atoms with Crippen molar-refractivity contribution in [1.82, 2.24) is 14.7 Å². The van der Waals surface area contributed by atoms with Crippen LogP contribution in [-0.2, 0) is 20.0 Å². The molecule has 1 N–H and O–H groups in total. The first-order valence-corrected chi connectivity index (χ1v) is 6.70. The second kappa shape index (κ2) is 5.05. The summed E-state index contributed by atoms with van der Waals surface area (Å²) in [5.74, 6) is -1.06. The quantitative estimate of drug-likeness (QED) is 0.903. The fraction of sp³-hybridized carbons (Fsp3) is 0.267. The molecule has 0 saturated heterocycles. The molecule has 1 aliphatic heterocycles. The molecule has 108 valence electrons. The van der Waals surface area contributed by atoms with Crippen molar-refractivity contribution in [3.05, 3.63) is 52.8 Å². The lowest BCUT2D eigenvalue weighted by atomic mass is 10.0. The molecule has 0 spiro atoms. The summed E-state index contributed by atoms with van der Waals surface area (Å²) in [6.07, 6.45) is 0.517. The van der Waals surface area contributed by atoms with Crippen LogP contribution < -0.4 is 0 Å². The van der Waals surface area contributed by atoms with Crippen LogP contribution in [-0.4, -0.2) is 38.2 Å². The van der Waals surface area contributed by atoms with Crippen LogP contribution in [0.3, 0.4) is 0 Å². The number of carboxylic acids is 1. The second-order valence-electron chi connectivity index (χ2n) is 5.05. The lowest BCUT2D eigenvalue weighted by Crippen LogP contribution is -2.36. The van der Waals surface area contributed by atoms with Gasteiger partial charge in [0, 0.05) is 24.7 Å². The molecule has 1 aliphatic rings. The molecule has 0 saturated carbocycles. The van der Waals surface area contributed by atoms with Crippen molar-refractivity contribution in [2.75, 3.05) is 6.54 Å². The molecule has 0 atom stereocenters. The number of aromatic carboxylic acids is 1. The van der Waals surface area contributed by atoms with Gasteiger partial charge in [-0.25, -0.2) is 4.79 Å². The molecule has 0 unspecified atom stereocenters. The van der Waals surface area contributed by atoms with Gasteiger partial charge >= 0.3 is 5.97 Å². The summed E-state index contributed by atoms with van der Waals surface area (Å²) >= 11 is 0. The van der Waals surface area contributed by atoms with Crippen molar-refractivity contribution in [3.8, 4) is 0 Å². The van der Waals surface area contributed by atoms with E-state index in [1.807, 2.05) is 18.2 Å². The molecule has 0 aliphatic carbocycles. The Bertz CT molecular complexity index is 706. The Hall–Kier alpha value is -2.63. The topological polar surface area (TPSA) is 75.4 Å². The Balaban J connectivity index is 1.88. The second-order valence-corrected chi connectivity index (χ2v) is 5.05. The van der Waals surface area contributed by atoms with Gasteiger partial charge < -0.3 is 10.0 Å². The molecule has 6 heteroatoms. The minimum atomic E-state index is -1.02. The molecule has 3 rings (SSSR count). The molecular weight excluding hydrogens is 270 g/mol. The van der Waals surface area contributed by atoms with Gasteiger partial charge in [-0.2, -0.15) is 5.10 Å². The van der Waals surface area contributed by atoms with E-state index in [9.17, 15) is 9.59 Å². The zero-order valence-electron chi connectivity index (χ0n) is 11.6. The standard InChI is InChI=1S/C15H15N3O3/c1-17-12-9-18(14(19)10-5-3-2-4-6-10)8-7-11(12)13(16-17)15(20)21/h2-6H,7-9H2,1H3,(H,20,21). The maximum absolute atomic E-state index is 12.4. The van der Waals surface area contributed by atoms with E-state index in [0.717, 1.165) is 11.3 Å². The van der Waals surface area contributed by atoms with Crippen LogP contribution in [0.15, 0.2) is 30.3 Å². The number of amides is 1. The summed E-state index contributed by atoms with van der Waals surface area (Å²) in [7, 11) is 1.71. The van der Waals surface area contributed by atoms with Crippen LogP contribution in [0, 0.1) is 0 Å². The van der Waals surface area contributed by atoms with Gasteiger partial charge in [-0.3, -0.25) is 9.48 Å². The fourth-order valence-corrected chi connectivity index (χ4v) is 2.68. The smallest absolute Gasteiger partial charge is 0.356 e. The number of hydrogen-bond acceptors (Lipinski definition) is 3. The maximum Gasteiger partial charge on any atom is 0.356 e. The summed E-state index contributed by atoms with van der Waals surface area (Å²) in [5, 5.41) is 13.2. The van der Waals surface area contributed by atoms with Gasteiger partial charge in [-0.1, -0.05) is 18.2 Å². The number of rotatable bonds is 2. The molecule has 6 nitrogen and oxygen atoms in total. The zero-order valence-corrected chi connectivity index (χ0v) is 11.6. The molecule has 2 aromatic rings. The number of fused-ring (bicyclic) bond motifs is 1. The van der Waals surface area contributed by atoms with Crippen molar-refractivity contribution in [2.45, 2.75) is 13.0 Å². The van der Waals surface area contributed by atoms with E-state index in [1.165, 1.54) is 0 Å². The first-order chi connectivity index (χ1) is 10.1. The normalized spacial score (nSPS) is 13.9. The highest BCUT2D eigenvalue weighted by Gasteiger charge is 2.29. The molecule has 0 radical (unpaired) electrons. The Morgan fingerprint density at radius 3 is 2.62 bits per heavy atom. The van der Waals surface area contributed by atoms with E-state index in [-0.39, 0.29) is 11.6 Å². The number of carboxylic acid groups (broad SMARTS) is 1. The van der Waals surface area contributed by atoms with E-state index in [4.69, 9.17) is 5.11 Å². The van der Waals surface area contributed by atoms with E-state index in [1.54, 1.807) is 28.8 Å². The van der Waals surface area contributed by atoms with Crippen molar-refractivity contribution in [2.24, 2.45) is 7.05 Å². The SMILES string of the molecule is Cn1nc(C(=O)O)c2c1CN(C(=O)c1ccccc1)CC2. The molecular formula is C15H15N3O3. The molecule has 0 fully saturated rings. The number of aromatic nitrogens is 2. The van der Waals surface area contributed by atoms with Crippen molar-refractivity contribution >= 4 is 11.9 Å². The van der Waals surface area contributed by atoms with Crippen LogP contribution in [0.4, 0.5) is 0 Å². The minimum absolute atomic E-state index is 0.0423. The van der Waals surface area contributed by atoms with Gasteiger partial charge in [0.15, 0.2) is 5.69 Å². The number of carbonyl (C=O) groups excluding carboxylic acids is 1. The Labute approximate surface area is 121 Å². The lowest BCUT2D eigenvalue weighted by Gasteiger charge is -2.27. The summed E-state index contributed by atoms with van der Waals surface area (Å²) in [6.45, 7) is 0.895. The predicted octanol–water partition coefficient (Wildman–Crippen LogP) is 1.32. The third kappa shape index (κ3) is 2.29. The highest BCUT2D eigenvalue weighted by Crippen LogP contribution is 2.23. The highest BCUT2D eigenvalue weighted by molar-refractivity contribution is 5.94. The van der Waals surface area contributed by atoms with Gasteiger partial charge in [0.2, 0.25) is 0 Å². The van der Waals surface area contributed by atoms with Crippen LogP contribution in [0.1, 0.15) is 32.1 Å². The zero-order chi connectivity index (χ0) is 15.0. The summed E-state index contributed by atoms with van der Waals surface area (Å²) in [5.41, 5.74) is 2.27. The van der Waals surface area contributed by atoms with Crippen molar-refractivity contribution < 1.29 is 14.7 Å². The largest absolute Gasteiger partial charge is 0.476 e. The van der Waals surface area contributed by atoms with Gasteiger partial charge in [0.25, 0.3) is 5.91 Å². The fourth-order valence-electron chi connectivity index (χ4n) is 2.68. The minimum Gasteiger partial charge on any atom is -0.476 e. The Morgan fingerprint density at radius 2 is 1.95 bits per heavy atom. The molecule has 0 bridgehead atoms. The molecule has 1 aromatic carbocycles. The van der Waals surface area contributed by atoms with E-state index in [2.05, 4.69) is 5.10 Å². The number of hydrogen-bond donors (Lipinski definition) is 1. The number of nitrogens with zero attached hydrogens (tertiary/aromatic N) is 3. The van der Waals surface area contributed by atoms with Crippen molar-refractivity contribution in [1.29, 1.82) is 0 Å². The van der Waals surface area contributed by atoms with Gasteiger partial charge in [0.05, 0.1) is 12.2 Å². The lowest BCUT2D eigenvalue weighted by molar-refractivity contribution is 0.0688. The van der Waals surface area contributed by atoms with Crippen LogP contribution in [0.5, 0.6) is 0 Å². The van der Waals surface area contributed by atoms with E-state index in [0.29, 0.717) is 25.1 Å². The molecule has 2 heterocycles. The average Bonchev–Trinajstić information content (AvgIpc) is 2.84. The Morgan fingerprint density at radius 1 is 1.24 bits per heavy atom. The maximum atomic E-state index is 12.4. The third-order valence-electron chi connectivity index (χ3n) is 3.76. The summed E-state index contributed by atoms with van der Waals surface area (Å²) in [4.78, 5) is 25.3. The summed E-state index contributed by atoms with van der Waals surface area (Å²) < 4.78 is 1.56. The van der Waals surface area contributed by atoms with E-state index < -0.39 is 5.97 Å². The first-order valence-electron chi connectivity index (χ1n) is 6.70. The van der Waals surface area contributed by atoms with Crippen LogP contribution >= 0.6 is 0 Å². The van der Waals surface area contributed by atoms with Gasteiger partial charge in [-0.05, 0) is 18.6 Å². The van der Waals surface area contributed by atoms with Gasteiger partial charge in [0.1, 0.15) is 0 Å². The highest BCUT2D eigenvalue weighted by atomic mass is 16.4. The number of benzene rings is 1. The average molecular weight is 285 g/mol. The van der Waals surface area contributed by atoms with E-state index >= 15 is 0 Å². The van der Waals surface area contributed by atoms with Crippen LogP contribution in [0.2, 0.25) is 0 Å². The Kier molecular flexibility index (Phi) is 3.21. The number of aryl methyl sites for hydroxylation is 1. The molecule has 21 heavy (non-hydrogen) atoms. The van der Waals surface area contributed by atoms with Crippen molar-refractivity contribution in [3.63, 3.8) is 0 Å². The van der Waals surface area contributed by atoms with Crippen LogP contribution in [0.25, 0.3) is 0 Å². The van der Waals surface area contributed by atoms with Gasteiger partial charge in [-0.15, -0.1) is 0 Å². The monoisotopic (exact) mass is 285 g/mol. The molecule has 1 aromatic heterocycles. The predicted molar refractivity (Wildman–Crippen MR) is 75.1 cm³/mol. The third-order valence-corrected chi connectivity index (χ3v) is 3.76. The molecule has 1 amide bonds. The number of carbonyl (C=O) groups is 2. The summed E-state index contributed by atoms with van der Waals surface area (Å²) in [6, 6.07) is 9.09. The first kappa shape index (κ1) is 13.4.